The van der Waals surface area contributed by atoms with E-state index in [0.29, 0.717) is 0 Å². The minimum atomic E-state index is -0.210. The Morgan fingerprint density at radius 3 is 1.75 bits per heavy atom. The van der Waals surface area contributed by atoms with Crippen molar-refractivity contribution in [2.24, 2.45) is 0 Å². The Hall–Kier alpha value is -5.58. The van der Waals surface area contributed by atoms with Gasteiger partial charge in [0.1, 0.15) is 0 Å². The fourth-order valence-corrected chi connectivity index (χ4v) is 16.3. The highest BCUT2D eigenvalue weighted by Crippen LogP contribution is 2.62. The highest BCUT2D eigenvalue weighted by molar-refractivity contribution is 7.27. The van der Waals surface area contributed by atoms with E-state index in [9.17, 15) is 0 Å². The third-order valence-electron chi connectivity index (χ3n) is 19.2. The molecule has 0 bridgehead atoms. The lowest BCUT2D eigenvalue weighted by Gasteiger charge is -2.52. The van der Waals surface area contributed by atoms with Crippen LogP contribution in [0.2, 0.25) is 0 Å². The van der Waals surface area contributed by atoms with Crippen molar-refractivity contribution < 1.29 is 0 Å². The van der Waals surface area contributed by atoms with Gasteiger partial charge in [-0.3, -0.25) is 0 Å². The van der Waals surface area contributed by atoms with Crippen LogP contribution in [-0.2, 0) is 32.5 Å². The second-order valence-corrected chi connectivity index (χ2v) is 26.9. The molecule has 69 heavy (non-hydrogen) atoms. The number of anilines is 5. The van der Waals surface area contributed by atoms with Gasteiger partial charge in [-0.15, -0.1) is 11.3 Å². The average molecular weight is 917 g/mol. The maximum Gasteiger partial charge on any atom is 0.334 e. The smallest absolute Gasteiger partial charge is 0.334 e. The van der Waals surface area contributed by atoms with E-state index >= 15 is 0 Å². The summed E-state index contributed by atoms with van der Waals surface area (Å²) < 4.78 is 2.84. The van der Waals surface area contributed by atoms with Gasteiger partial charge in [0.2, 0.25) is 0 Å². The SMILES string of the molecule is Cc1cc2c(cc1N1c3cc4c(c5c3B(c3c1ccc1c3sc3cc6c(cc31)C(C)(C)CCC6(C)C)N1c3ccccc3C(C)(C)c3cccc-5c31)C(C)(C)c1ccccc1-4)C(C)(C)CCC2(C)C. The zero-order chi connectivity index (χ0) is 47.9. The summed E-state index contributed by atoms with van der Waals surface area (Å²) in [5.41, 5.74) is 28.3. The highest BCUT2D eigenvalue weighted by Gasteiger charge is 2.54. The van der Waals surface area contributed by atoms with Gasteiger partial charge in [-0.25, -0.2) is 0 Å². The zero-order valence-electron chi connectivity index (χ0n) is 43.1. The lowest BCUT2D eigenvalue weighted by Crippen LogP contribution is -2.63. The molecule has 0 N–H and O–H groups in total. The molecule has 0 spiro atoms. The van der Waals surface area contributed by atoms with Gasteiger partial charge in [0.05, 0.1) is 0 Å². The molecule has 7 aromatic carbocycles. The van der Waals surface area contributed by atoms with Gasteiger partial charge in [0, 0.05) is 65.0 Å². The standard InChI is InChI=1S/C65H65BN2S/c1-36-31-45-47(62(6,7)29-27-60(45,2)3)34-51(36)67-50-26-25-38-40-32-46-48(63(8,9)30-28-61(46,4)5)35-53(40)69-59(38)57(50)66-56-52(67)33-41-37-19-14-15-21-42(37)65(12,13)55(41)54(56)39-20-18-23-44-58(39)68(66)49-24-17-16-22-43(49)64(44,10)11/h14-26,31-35H,27-30H2,1-13H3. The van der Waals surface area contributed by atoms with Crippen LogP contribution in [0.4, 0.5) is 28.4 Å². The van der Waals surface area contributed by atoms with E-state index in [1.165, 1.54) is 158 Å². The molecule has 2 nitrogen and oxygen atoms in total. The van der Waals surface area contributed by atoms with E-state index < -0.39 is 0 Å². The first kappa shape index (κ1) is 42.3. The van der Waals surface area contributed by atoms with Crippen molar-refractivity contribution in [2.75, 3.05) is 9.71 Å². The number of hydrogen-bond acceptors (Lipinski definition) is 3. The van der Waals surface area contributed by atoms with Crippen molar-refractivity contribution in [3.63, 3.8) is 0 Å². The number of nitrogens with zero attached hydrogens (tertiary/aromatic N) is 2. The van der Waals surface area contributed by atoms with Crippen molar-refractivity contribution in [1.82, 2.24) is 0 Å². The molecule has 6 aliphatic rings. The van der Waals surface area contributed by atoms with Gasteiger partial charge in [-0.05, 0) is 168 Å². The normalized spacial score (nSPS) is 20.3. The molecule has 0 saturated heterocycles. The maximum atomic E-state index is 2.83. The van der Waals surface area contributed by atoms with Crippen LogP contribution in [0.5, 0.6) is 0 Å². The minimum absolute atomic E-state index is 0.0601. The fraction of sp³-hybridized carbons (Fsp3) is 0.354. The largest absolute Gasteiger partial charge is 0.376 e. The molecule has 0 atom stereocenters. The first-order valence-corrected chi connectivity index (χ1v) is 26.8. The van der Waals surface area contributed by atoms with Gasteiger partial charge in [0.25, 0.3) is 0 Å². The minimum Gasteiger partial charge on any atom is -0.376 e. The van der Waals surface area contributed by atoms with Gasteiger partial charge < -0.3 is 9.71 Å². The van der Waals surface area contributed by atoms with Crippen LogP contribution in [-0.4, -0.2) is 6.85 Å². The highest BCUT2D eigenvalue weighted by atomic mass is 32.1. The van der Waals surface area contributed by atoms with Gasteiger partial charge in [0.15, 0.2) is 0 Å². The van der Waals surface area contributed by atoms with E-state index in [-0.39, 0.29) is 39.3 Å². The number of rotatable bonds is 1. The molecule has 0 saturated carbocycles. The van der Waals surface area contributed by atoms with Crippen molar-refractivity contribution >= 4 is 77.7 Å². The van der Waals surface area contributed by atoms with Gasteiger partial charge in [-0.2, -0.15) is 0 Å². The molecule has 0 unspecified atom stereocenters. The Morgan fingerprint density at radius 1 is 0.449 bits per heavy atom. The molecule has 0 fully saturated rings. The number of benzene rings is 7. The third-order valence-corrected chi connectivity index (χ3v) is 20.4. The molecular weight excluding hydrogens is 852 g/mol. The van der Waals surface area contributed by atoms with E-state index in [0.717, 1.165) is 0 Å². The fourth-order valence-electron chi connectivity index (χ4n) is 15.1. The Kier molecular flexibility index (Phi) is 7.99. The van der Waals surface area contributed by atoms with Crippen molar-refractivity contribution in [1.29, 1.82) is 0 Å². The molecule has 4 heterocycles. The number of hydrogen-bond donors (Lipinski definition) is 0. The predicted octanol–water partition coefficient (Wildman–Crippen LogP) is 16.7. The van der Waals surface area contributed by atoms with Crippen LogP contribution in [0.1, 0.15) is 159 Å². The van der Waals surface area contributed by atoms with Gasteiger partial charge >= 0.3 is 6.85 Å². The molecule has 14 rings (SSSR count). The molecule has 0 radical (unpaired) electrons. The van der Waals surface area contributed by atoms with E-state index in [1.54, 1.807) is 0 Å². The molecule has 8 aromatic rings. The number of thiophene rings is 1. The average Bonchev–Trinajstić information content (AvgIpc) is 3.79. The molecule has 1 aromatic heterocycles. The Morgan fingerprint density at radius 2 is 1.04 bits per heavy atom. The molecule has 3 aliphatic carbocycles. The summed E-state index contributed by atoms with van der Waals surface area (Å²) in [4.78, 5) is 5.60. The lowest BCUT2D eigenvalue weighted by atomic mass is 9.41. The first-order chi connectivity index (χ1) is 32.6. The van der Waals surface area contributed by atoms with Crippen LogP contribution >= 0.6 is 11.3 Å². The summed E-state index contributed by atoms with van der Waals surface area (Å²) in [6.45, 7) is 32.1. The van der Waals surface area contributed by atoms with Crippen LogP contribution in [0, 0.1) is 6.92 Å². The third kappa shape index (κ3) is 5.20. The van der Waals surface area contributed by atoms with Crippen LogP contribution in [0.15, 0.2) is 109 Å². The monoisotopic (exact) mass is 916 g/mol. The Balaban J connectivity index is 1.18. The van der Waals surface area contributed by atoms with Crippen molar-refractivity contribution in [2.45, 2.75) is 148 Å². The van der Waals surface area contributed by atoms with E-state index in [2.05, 4.69) is 220 Å². The van der Waals surface area contributed by atoms with Gasteiger partial charge in [-0.1, -0.05) is 156 Å². The number of fused-ring (bicyclic) bond motifs is 16. The maximum absolute atomic E-state index is 2.83. The summed E-state index contributed by atoms with van der Waals surface area (Å²) in [5, 5.41) is 2.81. The van der Waals surface area contributed by atoms with Crippen molar-refractivity contribution in [3.8, 4) is 22.3 Å². The van der Waals surface area contributed by atoms with E-state index in [1.807, 2.05) is 0 Å². The second-order valence-electron chi connectivity index (χ2n) is 25.8. The lowest BCUT2D eigenvalue weighted by molar-refractivity contribution is 0.332. The number of aryl methyl sites for hydroxylation is 1. The van der Waals surface area contributed by atoms with E-state index in [4.69, 9.17) is 0 Å². The second kappa shape index (κ2) is 13.0. The predicted molar refractivity (Wildman–Crippen MR) is 298 cm³/mol. The zero-order valence-corrected chi connectivity index (χ0v) is 43.9. The van der Waals surface area contributed by atoms with Crippen LogP contribution < -0.4 is 20.6 Å². The van der Waals surface area contributed by atoms with Crippen molar-refractivity contribution in [3.05, 3.63) is 159 Å². The quantitative estimate of drug-likeness (QED) is 0.151. The Labute approximate surface area is 414 Å². The van der Waals surface area contributed by atoms with Crippen LogP contribution in [0.3, 0.4) is 0 Å². The first-order valence-electron chi connectivity index (χ1n) is 26.0. The summed E-state index contributed by atoms with van der Waals surface area (Å²) in [7, 11) is 0. The summed E-state index contributed by atoms with van der Waals surface area (Å²) in [6.07, 6.45) is 4.79. The van der Waals surface area contributed by atoms with Crippen LogP contribution in [0.25, 0.3) is 42.4 Å². The Bertz CT molecular complexity index is 3670. The topological polar surface area (TPSA) is 6.48 Å². The molecule has 344 valence electrons. The summed E-state index contributed by atoms with van der Waals surface area (Å²) in [6, 6.07) is 44.2. The molecule has 4 heteroatoms. The number of para-hydroxylation sites is 2. The molecule has 0 amide bonds. The molecular formula is C65H65BN2S. The summed E-state index contributed by atoms with van der Waals surface area (Å²) in [5.74, 6) is 0. The molecule has 3 aliphatic heterocycles. The summed E-state index contributed by atoms with van der Waals surface area (Å²) >= 11 is 2.06.